The van der Waals surface area contributed by atoms with Crippen molar-refractivity contribution in [1.29, 1.82) is 0 Å². The second-order valence-electron chi connectivity index (χ2n) is 5.57. The molecule has 2 aromatic rings. The second-order valence-corrected chi connectivity index (χ2v) is 5.57. The van der Waals surface area contributed by atoms with Crippen LogP contribution in [0.3, 0.4) is 0 Å². The summed E-state index contributed by atoms with van der Waals surface area (Å²) in [7, 11) is 0. The maximum atomic E-state index is 12.6. The van der Waals surface area contributed by atoms with Crippen molar-refractivity contribution in [1.82, 2.24) is 15.0 Å². The van der Waals surface area contributed by atoms with E-state index in [4.69, 9.17) is 10.9 Å². The van der Waals surface area contributed by atoms with Gasteiger partial charge in [-0.2, -0.15) is 0 Å². The molecule has 0 bridgehead atoms. The monoisotopic (exact) mass is 309 g/mol. The fraction of sp³-hybridized carbons (Fsp3) is 0.333. The molecular weight excluding hydrogens is 290 g/mol. The summed E-state index contributed by atoms with van der Waals surface area (Å²) in [5.74, 6) is 2.83. The molecule has 1 saturated heterocycles. The number of rotatable bonds is 3. The van der Waals surface area contributed by atoms with Crippen molar-refractivity contribution in [3.8, 4) is 23.6 Å². The van der Waals surface area contributed by atoms with Gasteiger partial charge in [-0.15, -0.1) is 6.42 Å². The molecule has 2 heterocycles. The Bertz CT molecular complexity index is 703. The van der Waals surface area contributed by atoms with Crippen molar-refractivity contribution in [2.75, 3.05) is 32.7 Å². The van der Waals surface area contributed by atoms with Crippen LogP contribution in [0, 0.1) is 12.3 Å². The van der Waals surface area contributed by atoms with E-state index in [-0.39, 0.29) is 11.7 Å². The molecule has 1 aliphatic heterocycles. The van der Waals surface area contributed by atoms with E-state index in [0.717, 1.165) is 25.1 Å². The quantitative estimate of drug-likeness (QED) is 0.815. The van der Waals surface area contributed by atoms with Gasteiger partial charge in [-0.3, -0.25) is 9.69 Å². The number of carbonyl (C=O) groups is 1. The number of hydrogen-bond donors (Lipinski definition) is 0. The molecule has 1 aliphatic rings. The molecule has 0 saturated carbocycles. The highest BCUT2D eigenvalue weighted by Gasteiger charge is 2.23. The van der Waals surface area contributed by atoms with Crippen LogP contribution in [0.2, 0.25) is 0 Å². The van der Waals surface area contributed by atoms with E-state index in [2.05, 4.69) is 16.0 Å². The molecule has 23 heavy (non-hydrogen) atoms. The van der Waals surface area contributed by atoms with Gasteiger partial charge in [-0.05, 0) is 6.42 Å². The molecule has 1 aromatic carbocycles. The first-order valence-electron chi connectivity index (χ1n) is 7.75. The van der Waals surface area contributed by atoms with Gasteiger partial charge in [0.05, 0.1) is 6.54 Å². The predicted molar refractivity (Wildman–Crippen MR) is 87.7 cm³/mol. The average molecular weight is 309 g/mol. The van der Waals surface area contributed by atoms with Gasteiger partial charge in [0.2, 0.25) is 5.76 Å². The highest BCUT2D eigenvalue weighted by Crippen LogP contribution is 2.19. The fourth-order valence-electron chi connectivity index (χ4n) is 2.74. The van der Waals surface area contributed by atoms with Gasteiger partial charge in [0.15, 0.2) is 0 Å². The summed E-state index contributed by atoms with van der Waals surface area (Å²) in [6.07, 6.45) is 6.27. The maximum Gasteiger partial charge on any atom is 0.292 e. The number of hydrogen-bond acceptors (Lipinski definition) is 4. The lowest BCUT2D eigenvalue weighted by molar-refractivity contribution is 0.0720. The summed E-state index contributed by atoms with van der Waals surface area (Å²) in [6.45, 7) is 3.70. The van der Waals surface area contributed by atoms with Crippen molar-refractivity contribution >= 4 is 5.91 Å². The first-order valence-corrected chi connectivity index (χ1v) is 7.75. The van der Waals surface area contributed by atoms with Gasteiger partial charge in [0.25, 0.3) is 5.91 Å². The highest BCUT2D eigenvalue weighted by molar-refractivity contribution is 5.92. The minimum atomic E-state index is -0.109. The number of benzene rings is 1. The second kappa shape index (κ2) is 7.12. The topological polar surface area (TPSA) is 49.6 Å². The molecule has 0 spiro atoms. The largest absolute Gasteiger partial charge is 0.350 e. The Kier molecular flexibility index (Phi) is 4.74. The van der Waals surface area contributed by atoms with Crippen LogP contribution >= 0.6 is 0 Å². The van der Waals surface area contributed by atoms with Crippen molar-refractivity contribution < 1.29 is 9.32 Å². The van der Waals surface area contributed by atoms with Crippen LogP contribution in [0.5, 0.6) is 0 Å². The van der Waals surface area contributed by atoms with Crippen molar-refractivity contribution in [3.05, 3.63) is 42.2 Å². The lowest BCUT2D eigenvalue weighted by atomic mass is 10.1. The van der Waals surface area contributed by atoms with Crippen LogP contribution in [0.25, 0.3) is 11.3 Å². The zero-order valence-corrected chi connectivity index (χ0v) is 12.9. The number of nitrogens with zero attached hydrogens (tertiary/aromatic N) is 3. The summed E-state index contributed by atoms with van der Waals surface area (Å²) in [4.78, 5) is 16.6. The summed E-state index contributed by atoms with van der Waals surface area (Å²) in [5.41, 5.74) is 1.61. The lowest BCUT2D eigenvalue weighted by Crippen LogP contribution is -2.35. The lowest BCUT2D eigenvalue weighted by Gasteiger charge is -2.19. The SMILES string of the molecule is C#CCN1CCCN(C(=O)c2cc(-c3ccccc3)no2)CC1. The van der Waals surface area contributed by atoms with Crippen molar-refractivity contribution in [2.45, 2.75) is 6.42 Å². The van der Waals surface area contributed by atoms with Gasteiger partial charge in [0.1, 0.15) is 5.69 Å². The minimum Gasteiger partial charge on any atom is -0.350 e. The Labute approximate surface area is 135 Å². The van der Waals surface area contributed by atoms with E-state index >= 15 is 0 Å². The number of aromatic nitrogens is 1. The van der Waals surface area contributed by atoms with E-state index in [1.807, 2.05) is 35.2 Å². The predicted octanol–water partition coefficient (Wildman–Crippen LogP) is 2.12. The first kappa shape index (κ1) is 15.3. The van der Waals surface area contributed by atoms with Gasteiger partial charge in [-0.25, -0.2) is 0 Å². The smallest absolute Gasteiger partial charge is 0.292 e. The molecule has 118 valence electrons. The summed E-state index contributed by atoms with van der Waals surface area (Å²) in [6, 6.07) is 11.4. The molecular formula is C18H19N3O2. The normalized spacial score (nSPS) is 15.9. The zero-order chi connectivity index (χ0) is 16.1. The molecule has 1 fully saturated rings. The van der Waals surface area contributed by atoms with E-state index in [1.54, 1.807) is 6.07 Å². The van der Waals surface area contributed by atoms with Crippen LogP contribution < -0.4 is 0 Å². The molecule has 0 N–H and O–H groups in total. The van der Waals surface area contributed by atoms with E-state index < -0.39 is 0 Å². The zero-order valence-electron chi connectivity index (χ0n) is 12.9. The molecule has 0 radical (unpaired) electrons. The molecule has 3 rings (SSSR count). The number of amides is 1. The van der Waals surface area contributed by atoms with Gasteiger partial charge >= 0.3 is 0 Å². The molecule has 1 amide bonds. The standard InChI is InChI=1S/C18H19N3O2/c1-2-9-20-10-6-11-21(13-12-20)18(22)17-14-16(19-23-17)15-7-4-3-5-8-15/h1,3-5,7-8,14H,6,9-13H2. The maximum absolute atomic E-state index is 12.6. The van der Waals surface area contributed by atoms with Crippen LogP contribution in [0.1, 0.15) is 17.0 Å². The number of terminal acetylenes is 1. The third kappa shape index (κ3) is 3.61. The first-order chi connectivity index (χ1) is 11.3. The van der Waals surface area contributed by atoms with E-state index in [1.165, 1.54) is 0 Å². The Hall–Kier alpha value is -2.58. The average Bonchev–Trinajstić information content (AvgIpc) is 2.96. The number of carbonyl (C=O) groups excluding carboxylic acids is 1. The Morgan fingerprint density at radius 3 is 2.83 bits per heavy atom. The fourth-order valence-corrected chi connectivity index (χ4v) is 2.74. The van der Waals surface area contributed by atoms with Gasteiger partial charge in [-0.1, -0.05) is 41.4 Å². The summed E-state index contributed by atoms with van der Waals surface area (Å²) in [5, 5.41) is 4.01. The molecule has 1 aromatic heterocycles. The van der Waals surface area contributed by atoms with Crippen LogP contribution in [0.4, 0.5) is 0 Å². The summed E-state index contributed by atoms with van der Waals surface area (Å²) < 4.78 is 5.26. The Morgan fingerprint density at radius 2 is 2.04 bits per heavy atom. The minimum absolute atomic E-state index is 0.109. The third-order valence-corrected chi connectivity index (χ3v) is 3.98. The molecule has 0 unspecified atom stereocenters. The van der Waals surface area contributed by atoms with Crippen molar-refractivity contribution in [3.63, 3.8) is 0 Å². The van der Waals surface area contributed by atoms with Crippen molar-refractivity contribution in [2.24, 2.45) is 0 Å². The summed E-state index contributed by atoms with van der Waals surface area (Å²) >= 11 is 0. The van der Waals surface area contributed by atoms with Crippen LogP contribution in [0.15, 0.2) is 40.9 Å². The van der Waals surface area contributed by atoms with E-state index in [0.29, 0.717) is 25.3 Å². The molecule has 5 nitrogen and oxygen atoms in total. The van der Waals surface area contributed by atoms with Crippen LogP contribution in [-0.4, -0.2) is 53.6 Å². The molecule has 5 heteroatoms. The highest BCUT2D eigenvalue weighted by atomic mass is 16.5. The molecule has 0 aliphatic carbocycles. The Balaban J connectivity index is 1.69. The van der Waals surface area contributed by atoms with Gasteiger partial charge in [0, 0.05) is 37.8 Å². The van der Waals surface area contributed by atoms with Gasteiger partial charge < -0.3 is 9.42 Å². The Morgan fingerprint density at radius 1 is 1.22 bits per heavy atom. The van der Waals surface area contributed by atoms with Crippen LogP contribution in [-0.2, 0) is 0 Å². The van der Waals surface area contributed by atoms with E-state index in [9.17, 15) is 4.79 Å². The third-order valence-electron chi connectivity index (χ3n) is 3.98. The molecule has 0 atom stereocenters.